The first-order valence-electron chi connectivity index (χ1n) is 5.49. The minimum Gasteiger partial charge on any atom is -0.341 e. The highest BCUT2D eigenvalue weighted by molar-refractivity contribution is 5.73. The fourth-order valence-electron chi connectivity index (χ4n) is 1.99. The predicted molar refractivity (Wildman–Crippen MR) is 58.2 cm³/mol. The lowest BCUT2D eigenvalue weighted by Gasteiger charge is -2.34. The Labute approximate surface area is 86.6 Å². The van der Waals surface area contributed by atoms with E-state index < -0.39 is 0 Å². The molecule has 0 atom stereocenters. The van der Waals surface area contributed by atoms with E-state index in [2.05, 4.69) is 24.5 Å². The van der Waals surface area contributed by atoms with Crippen molar-refractivity contribution < 1.29 is 4.79 Å². The van der Waals surface area contributed by atoms with Gasteiger partial charge in [-0.3, -0.25) is 0 Å². The van der Waals surface area contributed by atoms with Gasteiger partial charge in [0, 0.05) is 13.6 Å². The molecule has 2 N–H and O–H groups in total. The predicted octanol–water partition coefficient (Wildman–Crippen LogP) is 2.13. The lowest BCUT2D eigenvalue weighted by atomic mass is 9.73. The highest BCUT2D eigenvalue weighted by atomic mass is 16.2. The Morgan fingerprint density at radius 3 is 2.43 bits per heavy atom. The first kappa shape index (κ1) is 11.3. The maximum absolute atomic E-state index is 11.0. The molecular formula is C11H22N2O. The summed E-state index contributed by atoms with van der Waals surface area (Å²) in [7, 11) is 1.65. The number of hydrogen-bond acceptors (Lipinski definition) is 1. The van der Waals surface area contributed by atoms with Gasteiger partial charge < -0.3 is 10.6 Å². The summed E-state index contributed by atoms with van der Waals surface area (Å²) in [6, 6.07) is -0.0603. The molecule has 1 fully saturated rings. The topological polar surface area (TPSA) is 41.1 Å². The van der Waals surface area contributed by atoms with Gasteiger partial charge in [0.05, 0.1) is 0 Å². The van der Waals surface area contributed by atoms with Crippen molar-refractivity contribution in [3.63, 3.8) is 0 Å². The Morgan fingerprint density at radius 1 is 1.36 bits per heavy atom. The minimum atomic E-state index is -0.0603. The van der Waals surface area contributed by atoms with Crippen molar-refractivity contribution in [1.82, 2.24) is 10.6 Å². The Morgan fingerprint density at radius 2 is 1.93 bits per heavy atom. The van der Waals surface area contributed by atoms with Crippen LogP contribution in [0, 0.1) is 11.3 Å². The summed E-state index contributed by atoms with van der Waals surface area (Å²) in [5.41, 5.74) is 0.517. The molecule has 1 aliphatic rings. The molecule has 0 aromatic rings. The molecule has 0 spiro atoms. The Hall–Kier alpha value is -0.730. The van der Waals surface area contributed by atoms with Gasteiger partial charge >= 0.3 is 6.03 Å². The fraction of sp³-hybridized carbons (Fsp3) is 0.909. The van der Waals surface area contributed by atoms with E-state index in [4.69, 9.17) is 0 Å². The van der Waals surface area contributed by atoms with Gasteiger partial charge in [-0.15, -0.1) is 0 Å². The summed E-state index contributed by atoms with van der Waals surface area (Å²) >= 11 is 0. The SMILES string of the molecule is CNC(=O)NCC1CCC(C)(C)CC1. The molecule has 82 valence electrons. The second kappa shape index (κ2) is 4.67. The zero-order valence-electron chi connectivity index (χ0n) is 9.52. The van der Waals surface area contributed by atoms with Crippen molar-refractivity contribution in [3.05, 3.63) is 0 Å². The van der Waals surface area contributed by atoms with Crippen molar-refractivity contribution in [3.8, 4) is 0 Å². The number of carbonyl (C=O) groups is 1. The molecule has 3 nitrogen and oxygen atoms in total. The Kier molecular flexibility index (Phi) is 3.78. The molecule has 0 heterocycles. The van der Waals surface area contributed by atoms with E-state index >= 15 is 0 Å². The molecule has 0 aromatic carbocycles. The van der Waals surface area contributed by atoms with Crippen molar-refractivity contribution >= 4 is 6.03 Å². The fourth-order valence-corrected chi connectivity index (χ4v) is 1.99. The first-order chi connectivity index (χ1) is 6.53. The van der Waals surface area contributed by atoms with Gasteiger partial charge in [0.1, 0.15) is 0 Å². The van der Waals surface area contributed by atoms with Gasteiger partial charge in [-0.1, -0.05) is 13.8 Å². The summed E-state index contributed by atoms with van der Waals surface area (Å²) < 4.78 is 0. The molecule has 0 unspecified atom stereocenters. The number of urea groups is 1. The standard InChI is InChI=1S/C11H22N2O/c1-11(2)6-4-9(5-7-11)8-13-10(14)12-3/h9H,4-8H2,1-3H3,(H2,12,13,14). The molecule has 1 aliphatic carbocycles. The molecule has 0 bridgehead atoms. The Balaban J connectivity index is 2.19. The van der Waals surface area contributed by atoms with Crippen molar-refractivity contribution in [1.29, 1.82) is 0 Å². The van der Waals surface area contributed by atoms with Gasteiger partial charge in [-0.2, -0.15) is 0 Å². The molecule has 1 rings (SSSR count). The van der Waals surface area contributed by atoms with E-state index in [9.17, 15) is 4.79 Å². The minimum absolute atomic E-state index is 0.0603. The lowest BCUT2D eigenvalue weighted by molar-refractivity contribution is 0.187. The molecule has 2 amide bonds. The summed E-state index contributed by atoms with van der Waals surface area (Å²) in [5.74, 6) is 0.681. The van der Waals surface area contributed by atoms with E-state index in [1.54, 1.807) is 7.05 Å². The lowest BCUT2D eigenvalue weighted by Crippen LogP contribution is -2.37. The van der Waals surface area contributed by atoms with E-state index in [0.29, 0.717) is 11.3 Å². The van der Waals surface area contributed by atoms with Crippen LogP contribution in [-0.4, -0.2) is 19.6 Å². The zero-order valence-corrected chi connectivity index (χ0v) is 9.52. The average Bonchev–Trinajstić information content (AvgIpc) is 2.16. The second-order valence-corrected chi connectivity index (χ2v) is 5.07. The number of nitrogens with one attached hydrogen (secondary N) is 2. The smallest absolute Gasteiger partial charge is 0.314 e. The van der Waals surface area contributed by atoms with Crippen LogP contribution in [0.5, 0.6) is 0 Å². The summed E-state index contributed by atoms with van der Waals surface area (Å²) in [4.78, 5) is 11.0. The summed E-state index contributed by atoms with van der Waals surface area (Å²) in [5, 5.41) is 5.45. The molecule has 0 saturated heterocycles. The molecule has 1 saturated carbocycles. The maximum atomic E-state index is 11.0. The number of rotatable bonds is 2. The van der Waals surface area contributed by atoms with Crippen LogP contribution in [0.4, 0.5) is 4.79 Å². The first-order valence-corrected chi connectivity index (χ1v) is 5.49. The molecule has 0 radical (unpaired) electrons. The average molecular weight is 198 g/mol. The number of hydrogen-bond donors (Lipinski definition) is 2. The summed E-state index contributed by atoms with van der Waals surface area (Å²) in [6.45, 7) is 5.49. The van der Waals surface area contributed by atoms with Crippen molar-refractivity contribution in [2.45, 2.75) is 39.5 Å². The molecular weight excluding hydrogens is 176 g/mol. The van der Waals surface area contributed by atoms with Crippen LogP contribution in [0.2, 0.25) is 0 Å². The number of amides is 2. The van der Waals surface area contributed by atoms with Crippen LogP contribution in [-0.2, 0) is 0 Å². The van der Waals surface area contributed by atoms with Crippen LogP contribution < -0.4 is 10.6 Å². The van der Waals surface area contributed by atoms with Gasteiger partial charge in [0.2, 0.25) is 0 Å². The molecule has 14 heavy (non-hydrogen) atoms. The van der Waals surface area contributed by atoms with Crippen LogP contribution in [0.15, 0.2) is 0 Å². The largest absolute Gasteiger partial charge is 0.341 e. The van der Waals surface area contributed by atoms with Gasteiger partial charge in [-0.05, 0) is 37.0 Å². The van der Waals surface area contributed by atoms with Crippen LogP contribution >= 0.6 is 0 Å². The zero-order chi connectivity index (χ0) is 10.6. The van der Waals surface area contributed by atoms with Gasteiger partial charge in [0.25, 0.3) is 0 Å². The third kappa shape index (κ3) is 3.56. The quantitative estimate of drug-likeness (QED) is 0.701. The molecule has 0 aromatic heterocycles. The summed E-state index contributed by atoms with van der Waals surface area (Å²) in [6.07, 6.45) is 5.06. The third-order valence-corrected chi connectivity index (χ3v) is 3.24. The highest BCUT2D eigenvalue weighted by Gasteiger charge is 2.26. The van der Waals surface area contributed by atoms with Crippen molar-refractivity contribution in [2.24, 2.45) is 11.3 Å². The maximum Gasteiger partial charge on any atom is 0.314 e. The van der Waals surface area contributed by atoms with Crippen LogP contribution in [0.1, 0.15) is 39.5 Å². The van der Waals surface area contributed by atoms with E-state index in [0.717, 1.165) is 6.54 Å². The van der Waals surface area contributed by atoms with Gasteiger partial charge in [-0.25, -0.2) is 4.79 Å². The van der Waals surface area contributed by atoms with Gasteiger partial charge in [0.15, 0.2) is 0 Å². The number of carbonyl (C=O) groups excluding carboxylic acids is 1. The normalized spacial score (nSPS) is 21.6. The molecule has 3 heteroatoms. The molecule has 0 aliphatic heterocycles. The monoisotopic (exact) mass is 198 g/mol. The van der Waals surface area contributed by atoms with Crippen LogP contribution in [0.25, 0.3) is 0 Å². The Bertz CT molecular complexity index is 191. The van der Waals surface area contributed by atoms with Crippen molar-refractivity contribution in [2.75, 3.05) is 13.6 Å². The van der Waals surface area contributed by atoms with E-state index in [1.165, 1.54) is 25.7 Å². The van der Waals surface area contributed by atoms with Crippen LogP contribution in [0.3, 0.4) is 0 Å². The second-order valence-electron chi connectivity index (χ2n) is 5.07. The third-order valence-electron chi connectivity index (χ3n) is 3.24. The van der Waals surface area contributed by atoms with E-state index in [1.807, 2.05) is 0 Å². The highest BCUT2D eigenvalue weighted by Crippen LogP contribution is 2.37. The van der Waals surface area contributed by atoms with E-state index in [-0.39, 0.29) is 6.03 Å².